The molecule has 0 aliphatic carbocycles. The van der Waals surface area contributed by atoms with Crippen LogP contribution < -0.4 is 0 Å². The number of hydrogen-bond acceptors (Lipinski definition) is 4. The molecule has 0 fully saturated rings. The third-order valence-electron chi connectivity index (χ3n) is 5.89. The fourth-order valence-corrected chi connectivity index (χ4v) is 19.2. The fourth-order valence-electron chi connectivity index (χ4n) is 4.62. The van der Waals surface area contributed by atoms with Crippen LogP contribution in [0, 0.1) is 0 Å². The first-order valence-electron chi connectivity index (χ1n) is 14.9. The molecule has 1 amide bonds. The van der Waals surface area contributed by atoms with Gasteiger partial charge in [-0.2, -0.15) is 0 Å². The third kappa shape index (κ3) is 16.6. The maximum atomic E-state index is 13.6. The zero-order valence-corrected chi connectivity index (χ0v) is 30.8. The smallest absolute Gasteiger partial charge is 0.416 e. The first-order valence-corrected chi connectivity index (χ1v) is 27.0. The molecule has 0 spiro atoms. The van der Waals surface area contributed by atoms with Crippen LogP contribution in [-0.2, 0) is 17.1 Å². The predicted octanol–water partition coefficient (Wildman–Crippen LogP) is 9.12. The number of nitrogens with zero attached hydrogens (tertiary/aromatic N) is 1. The SMILES string of the molecule is C=C(C)C(=O)N(CCCCCCCCCCCC)C(CC)[Si](O[Si](C)(C)C)(O[Si](C)(C)C)O[Si](C)(C)C. The second-order valence-electron chi connectivity index (χ2n) is 13.6. The van der Waals surface area contributed by atoms with Crippen molar-refractivity contribution < 1.29 is 17.1 Å². The lowest BCUT2D eigenvalue weighted by molar-refractivity contribution is -0.129. The molecule has 0 saturated heterocycles. The normalized spacial score (nSPS) is 14.1. The van der Waals surface area contributed by atoms with Crippen molar-refractivity contribution >= 4 is 39.7 Å². The summed E-state index contributed by atoms with van der Waals surface area (Å²) in [7, 11) is -9.40. The third-order valence-corrected chi connectivity index (χ3v) is 18.2. The van der Waals surface area contributed by atoms with Crippen LogP contribution in [0.4, 0.5) is 0 Å². The predicted molar refractivity (Wildman–Crippen MR) is 171 cm³/mol. The van der Waals surface area contributed by atoms with Gasteiger partial charge in [0, 0.05) is 12.1 Å². The highest BCUT2D eigenvalue weighted by Crippen LogP contribution is 2.33. The molecule has 220 valence electrons. The van der Waals surface area contributed by atoms with Gasteiger partial charge in [-0.25, -0.2) is 0 Å². The molecule has 37 heavy (non-hydrogen) atoms. The molecule has 9 heteroatoms. The molecular weight excluding hydrogens is 527 g/mol. The second kappa shape index (κ2) is 16.9. The van der Waals surface area contributed by atoms with E-state index < -0.39 is 33.8 Å². The Kier molecular flexibility index (Phi) is 16.9. The van der Waals surface area contributed by atoms with Crippen LogP contribution in [0.3, 0.4) is 0 Å². The molecule has 1 unspecified atom stereocenters. The molecule has 0 radical (unpaired) electrons. The number of hydrogen-bond donors (Lipinski definition) is 0. The molecule has 0 saturated carbocycles. The van der Waals surface area contributed by atoms with Gasteiger partial charge in [0.2, 0.25) is 5.91 Å². The van der Waals surface area contributed by atoms with Gasteiger partial charge < -0.3 is 17.2 Å². The van der Waals surface area contributed by atoms with E-state index in [1.54, 1.807) is 0 Å². The Morgan fingerprint density at radius 3 is 1.32 bits per heavy atom. The van der Waals surface area contributed by atoms with E-state index in [0.717, 1.165) is 19.3 Å². The van der Waals surface area contributed by atoms with Crippen LogP contribution in [0.5, 0.6) is 0 Å². The van der Waals surface area contributed by atoms with E-state index >= 15 is 0 Å². The van der Waals surface area contributed by atoms with Gasteiger partial charge in [-0.05, 0) is 78.7 Å². The van der Waals surface area contributed by atoms with Crippen molar-refractivity contribution in [1.29, 1.82) is 0 Å². The average molecular weight is 590 g/mol. The Morgan fingerprint density at radius 1 is 0.676 bits per heavy atom. The molecule has 0 aromatic carbocycles. The summed E-state index contributed by atoms with van der Waals surface area (Å²) in [6.07, 6.45) is 13.5. The minimum absolute atomic E-state index is 0.0113. The summed E-state index contributed by atoms with van der Waals surface area (Å²) in [4.78, 5) is 15.6. The maximum Gasteiger partial charge on any atom is 0.493 e. The summed E-state index contributed by atoms with van der Waals surface area (Å²) in [6, 6.07) is 0. The van der Waals surface area contributed by atoms with E-state index in [1.807, 2.05) is 11.8 Å². The van der Waals surface area contributed by atoms with Crippen molar-refractivity contribution in [2.45, 2.75) is 156 Å². The molecule has 1 atom stereocenters. The maximum absolute atomic E-state index is 13.6. The average Bonchev–Trinajstić information content (AvgIpc) is 2.69. The summed E-state index contributed by atoms with van der Waals surface area (Å²) < 4.78 is 21.1. The number of rotatable bonds is 21. The van der Waals surface area contributed by atoms with Crippen molar-refractivity contribution in [1.82, 2.24) is 4.90 Å². The molecular formula is C28H63NO4Si4. The van der Waals surface area contributed by atoms with Gasteiger partial charge >= 0.3 is 8.80 Å². The van der Waals surface area contributed by atoms with Gasteiger partial charge in [-0.15, -0.1) is 0 Å². The van der Waals surface area contributed by atoms with Gasteiger partial charge in [0.1, 0.15) is 0 Å². The standard InChI is InChI=1S/C28H63NO4Si4/c1-14-16-17-18-19-20-21-22-23-24-25-29(28(30)26(3)4)27(15-2)37(31-34(5,6)7,32-35(8,9)10)33-36(11,12)13/h27H,3,14-25H2,1-2,4-13H3. The minimum Gasteiger partial charge on any atom is -0.416 e. The molecule has 0 aromatic rings. The molecule has 0 N–H and O–H groups in total. The zero-order chi connectivity index (χ0) is 28.9. The fraction of sp³-hybridized carbons (Fsp3) is 0.893. The van der Waals surface area contributed by atoms with Crippen molar-refractivity contribution in [3.8, 4) is 0 Å². The van der Waals surface area contributed by atoms with Crippen molar-refractivity contribution in [2.75, 3.05) is 6.54 Å². The van der Waals surface area contributed by atoms with Crippen molar-refractivity contribution in [3.05, 3.63) is 12.2 Å². The summed E-state index contributed by atoms with van der Waals surface area (Å²) in [6.45, 7) is 30.8. The van der Waals surface area contributed by atoms with Gasteiger partial charge in [0.15, 0.2) is 25.0 Å². The van der Waals surface area contributed by atoms with Gasteiger partial charge in [0.05, 0.1) is 5.67 Å². The van der Waals surface area contributed by atoms with E-state index in [4.69, 9.17) is 12.3 Å². The van der Waals surface area contributed by atoms with E-state index in [-0.39, 0.29) is 11.6 Å². The lowest BCUT2D eigenvalue weighted by Gasteiger charge is -2.49. The minimum atomic E-state index is -3.25. The summed E-state index contributed by atoms with van der Waals surface area (Å²) in [5.74, 6) is 0.0113. The Balaban J connectivity index is 5.85. The van der Waals surface area contributed by atoms with Crippen LogP contribution in [-0.4, -0.2) is 56.8 Å². The van der Waals surface area contributed by atoms with Crippen LogP contribution in [0.15, 0.2) is 12.2 Å². The molecule has 0 rings (SSSR count). The highest BCUT2D eigenvalue weighted by atomic mass is 28.5. The Labute approximate surface area is 235 Å². The molecule has 0 aromatic heterocycles. The molecule has 0 aliphatic rings. The van der Waals surface area contributed by atoms with Gasteiger partial charge in [-0.3, -0.25) is 4.79 Å². The lowest BCUT2D eigenvalue weighted by Crippen LogP contribution is -2.71. The highest BCUT2D eigenvalue weighted by molar-refractivity contribution is 6.90. The van der Waals surface area contributed by atoms with Crippen molar-refractivity contribution in [3.63, 3.8) is 0 Å². The zero-order valence-electron chi connectivity index (χ0n) is 26.8. The number of unbranched alkanes of at least 4 members (excludes halogenated alkanes) is 9. The van der Waals surface area contributed by atoms with E-state index in [9.17, 15) is 4.79 Å². The van der Waals surface area contributed by atoms with E-state index in [1.165, 1.54) is 51.4 Å². The van der Waals surface area contributed by atoms with Crippen LogP contribution in [0.1, 0.15) is 91.4 Å². The Bertz CT molecular complexity index is 628. The number of amides is 1. The quantitative estimate of drug-likeness (QED) is 0.0761. The Morgan fingerprint density at radius 2 is 1.03 bits per heavy atom. The highest BCUT2D eigenvalue weighted by Gasteiger charge is 2.58. The summed E-state index contributed by atoms with van der Waals surface area (Å²) >= 11 is 0. The summed E-state index contributed by atoms with van der Waals surface area (Å²) in [5, 5.41) is 0. The van der Waals surface area contributed by atoms with E-state index in [2.05, 4.69) is 79.3 Å². The molecule has 0 aliphatic heterocycles. The van der Waals surface area contributed by atoms with Crippen molar-refractivity contribution in [2.24, 2.45) is 0 Å². The molecule has 0 heterocycles. The van der Waals surface area contributed by atoms with Gasteiger partial charge in [0.25, 0.3) is 0 Å². The van der Waals surface area contributed by atoms with Crippen LogP contribution in [0.2, 0.25) is 58.9 Å². The molecule has 5 nitrogen and oxygen atoms in total. The van der Waals surface area contributed by atoms with Crippen LogP contribution in [0.25, 0.3) is 0 Å². The first kappa shape index (κ1) is 37.0. The lowest BCUT2D eigenvalue weighted by atomic mass is 10.1. The van der Waals surface area contributed by atoms with E-state index in [0.29, 0.717) is 12.1 Å². The monoisotopic (exact) mass is 589 g/mol. The Hall–Kier alpha value is -0.0425. The second-order valence-corrected chi connectivity index (χ2v) is 30.6. The summed E-state index contributed by atoms with van der Waals surface area (Å²) in [5.41, 5.74) is 0.378. The number of carbonyl (C=O) groups excluding carboxylic acids is 1. The topological polar surface area (TPSA) is 48.0 Å². The van der Waals surface area contributed by atoms with Crippen LogP contribution >= 0.6 is 0 Å². The first-order chi connectivity index (χ1) is 16.9. The number of carbonyl (C=O) groups is 1. The largest absolute Gasteiger partial charge is 0.493 e. The van der Waals surface area contributed by atoms with Gasteiger partial charge in [-0.1, -0.05) is 78.2 Å². The molecule has 0 bridgehead atoms.